The molecule has 0 aliphatic rings. The Morgan fingerprint density at radius 2 is 2.30 bits per heavy atom. The van der Waals surface area contributed by atoms with Gasteiger partial charge in [0.05, 0.1) is 0 Å². The zero-order valence-electron chi connectivity index (χ0n) is 12.2. The normalized spacial score (nSPS) is 12.6. The van der Waals surface area contributed by atoms with E-state index in [0.29, 0.717) is 18.9 Å². The van der Waals surface area contributed by atoms with Crippen molar-refractivity contribution in [1.29, 1.82) is 0 Å². The summed E-state index contributed by atoms with van der Waals surface area (Å²) in [6.45, 7) is 6.48. The van der Waals surface area contributed by atoms with Crippen LogP contribution in [0.25, 0.3) is 11.2 Å². The van der Waals surface area contributed by atoms with Crippen LogP contribution in [0.2, 0.25) is 0 Å². The number of fused-ring (bicyclic) bond motifs is 1. The van der Waals surface area contributed by atoms with Gasteiger partial charge in [0.1, 0.15) is 5.52 Å². The van der Waals surface area contributed by atoms with E-state index in [-0.39, 0.29) is 11.9 Å². The van der Waals surface area contributed by atoms with E-state index in [1.807, 2.05) is 26.8 Å². The topological polar surface area (TPSA) is 85.8 Å². The standard InChI is InChI=1S/C14H21N5O/c1-4-10(3)17-12(20)5-6-19-13-11(18-14(19)15)7-9(2)8-16-13/h7-8,10H,4-6H2,1-3H3,(H2,15,18)(H,17,20). The molecule has 108 valence electrons. The van der Waals surface area contributed by atoms with Gasteiger partial charge in [-0.25, -0.2) is 9.97 Å². The second-order valence-corrected chi connectivity index (χ2v) is 5.10. The maximum Gasteiger partial charge on any atom is 0.222 e. The summed E-state index contributed by atoms with van der Waals surface area (Å²) in [6, 6.07) is 2.13. The number of nitrogen functional groups attached to an aromatic ring is 1. The van der Waals surface area contributed by atoms with Crippen molar-refractivity contribution in [3.8, 4) is 0 Å². The molecule has 0 aliphatic heterocycles. The van der Waals surface area contributed by atoms with Gasteiger partial charge in [0.15, 0.2) is 5.65 Å². The molecule has 0 aliphatic carbocycles. The van der Waals surface area contributed by atoms with Gasteiger partial charge in [0.2, 0.25) is 11.9 Å². The summed E-state index contributed by atoms with van der Waals surface area (Å²) in [6.07, 6.45) is 3.07. The minimum absolute atomic E-state index is 0.0210. The molecule has 0 spiro atoms. The number of imidazole rings is 1. The second-order valence-electron chi connectivity index (χ2n) is 5.10. The predicted molar refractivity (Wildman–Crippen MR) is 79.2 cm³/mol. The molecular weight excluding hydrogens is 254 g/mol. The molecule has 20 heavy (non-hydrogen) atoms. The van der Waals surface area contributed by atoms with E-state index in [4.69, 9.17) is 5.73 Å². The summed E-state index contributed by atoms with van der Waals surface area (Å²) in [5.41, 5.74) is 8.43. The highest BCUT2D eigenvalue weighted by Crippen LogP contribution is 2.16. The molecule has 1 unspecified atom stereocenters. The largest absolute Gasteiger partial charge is 0.369 e. The number of aromatic nitrogens is 3. The van der Waals surface area contributed by atoms with Crippen molar-refractivity contribution in [3.63, 3.8) is 0 Å². The number of anilines is 1. The average molecular weight is 275 g/mol. The quantitative estimate of drug-likeness (QED) is 0.868. The lowest BCUT2D eigenvalue weighted by Gasteiger charge is -2.11. The number of hydrogen-bond acceptors (Lipinski definition) is 4. The van der Waals surface area contributed by atoms with E-state index < -0.39 is 0 Å². The van der Waals surface area contributed by atoms with Crippen LogP contribution in [0, 0.1) is 6.92 Å². The Labute approximate surface area is 118 Å². The molecule has 1 amide bonds. The first-order chi connectivity index (χ1) is 9.51. The molecule has 0 saturated carbocycles. The third kappa shape index (κ3) is 3.07. The highest BCUT2D eigenvalue weighted by Gasteiger charge is 2.12. The van der Waals surface area contributed by atoms with Crippen LogP contribution in [-0.4, -0.2) is 26.5 Å². The fourth-order valence-corrected chi connectivity index (χ4v) is 2.01. The first-order valence-corrected chi connectivity index (χ1v) is 6.89. The zero-order chi connectivity index (χ0) is 14.7. The minimum Gasteiger partial charge on any atom is -0.369 e. The fraction of sp³-hybridized carbons (Fsp3) is 0.500. The summed E-state index contributed by atoms with van der Waals surface area (Å²) >= 11 is 0. The average Bonchev–Trinajstić information content (AvgIpc) is 2.70. The number of rotatable bonds is 5. The Morgan fingerprint density at radius 1 is 1.55 bits per heavy atom. The molecule has 2 aromatic heterocycles. The third-order valence-electron chi connectivity index (χ3n) is 3.33. The number of aryl methyl sites for hydroxylation is 2. The Morgan fingerprint density at radius 3 is 3.00 bits per heavy atom. The molecule has 2 heterocycles. The predicted octanol–water partition coefficient (Wildman–Crippen LogP) is 1.63. The number of nitrogens with one attached hydrogen (secondary N) is 1. The Hall–Kier alpha value is -2.11. The number of nitrogens with two attached hydrogens (primary N) is 1. The number of hydrogen-bond donors (Lipinski definition) is 2. The summed E-state index contributed by atoms with van der Waals surface area (Å²) in [5.74, 6) is 0.419. The molecule has 0 saturated heterocycles. The van der Waals surface area contributed by atoms with Crippen molar-refractivity contribution in [2.75, 3.05) is 5.73 Å². The van der Waals surface area contributed by atoms with Crippen LogP contribution in [-0.2, 0) is 11.3 Å². The Balaban J connectivity index is 2.10. The van der Waals surface area contributed by atoms with Gasteiger partial charge in [-0.1, -0.05) is 6.92 Å². The van der Waals surface area contributed by atoms with Gasteiger partial charge in [-0.3, -0.25) is 9.36 Å². The summed E-state index contributed by atoms with van der Waals surface area (Å²) < 4.78 is 1.78. The molecule has 2 rings (SSSR count). The highest BCUT2D eigenvalue weighted by atomic mass is 16.1. The molecule has 6 heteroatoms. The van der Waals surface area contributed by atoms with Crippen LogP contribution < -0.4 is 11.1 Å². The molecule has 1 atom stereocenters. The molecule has 0 bridgehead atoms. The van der Waals surface area contributed by atoms with Crippen LogP contribution >= 0.6 is 0 Å². The van der Waals surface area contributed by atoms with Crippen molar-refractivity contribution in [2.24, 2.45) is 0 Å². The van der Waals surface area contributed by atoms with Gasteiger partial charge < -0.3 is 11.1 Å². The number of carbonyl (C=O) groups is 1. The van der Waals surface area contributed by atoms with Crippen molar-refractivity contribution in [1.82, 2.24) is 19.9 Å². The molecule has 3 N–H and O–H groups in total. The lowest BCUT2D eigenvalue weighted by atomic mass is 10.2. The number of amides is 1. The van der Waals surface area contributed by atoms with Crippen molar-refractivity contribution in [3.05, 3.63) is 17.8 Å². The SMILES string of the molecule is CCC(C)NC(=O)CCn1c(N)nc2cc(C)cnc21. The molecule has 0 fully saturated rings. The van der Waals surface area contributed by atoms with E-state index in [2.05, 4.69) is 15.3 Å². The van der Waals surface area contributed by atoms with Gasteiger partial charge in [0, 0.05) is 25.2 Å². The van der Waals surface area contributed by atoms with Crippen LogP contribution in [0.4, 0.5) is 5.95 Å². The molecule has 2 aromatic rings. The van der Waals surface area contributed by atoms with Gasteiger partial charge in [-0.15, -0.1) is 0 Å². The van der Waals surface area contributed by atoms with Gasteiger partial charge in [-0.2, -0.15) is 0 Å². The summed E-state index contributed by atoms with van der Waals surface area (Å²) in [7, 11) is 0. The third-order valence-corrected chi connectivity index (χ3v) is 3.33. The van der Waals surface area contributed by atoms with E-state index >= 15 is 0 Å². The van der Waals surface area contributed by atoms with Crippen molar-refractivity contribution in [2.45, 2.75) is 46.2 Å². The lowest BCUT2D eigenvalue weighted by Crippen LogP contribution is -2.32. The Kier molecular flexibility index (Phi) is 4.22. The second kappa shape index (κ2) is 5.90. The van der Waals surface area contributed by atoms with Crippen LogP contribution in [0.3, 0.4) is 0 Å². The highest BCUT2D eigenvalue weighted by molar-refractivity contribution is 5.77. The van der Waals surface area contributed by atoms with E-state index in [0.717, 1.165) is 23.1 Å². The smallest absolute Gasteiger partial charge is 0.222 e. The minimum atomic E-state index is 0.0210. The molecule has 0 aromatic carbocycles. The van der Waals surface area contributed by atoms with Crippen molar-refractivity contribution < 1.29 is 4.79 Å². The van der Waals surface area contributed by atoms with Crippen molar-refractivity contribution >= 4 is 23.0 Å². The fourth-order valence-electron chi connectivity index (χ4n) is 2.01. The maximum atomic E-state index is 11.8. The summed E-state index contributed by atoms with van der Waals surface area (Å²) in [4.78, 5) is 20.4. The lowest BCUT2D eigenvalue weighted by molar-refractivity contribution is -0.121. The maximum absolute atomic E-state index is 11.8. The van der Waals surface area contributed by atoms with Gasteiger partial charge in [0.25, 0.3) is 0 Å². The monoisotopic (exact) mass is 275 g/mol. The van der Waals surface area contributed by atoms with Crippen LogP contribution in [0.1, 0.15) is 32.3 Å². The molecular formula is C14H21N5O. The molecule has 6 nitrogen and oxygen atoms in total. The van der Waals surface area contributed by atoms with E-state index in [9.17, 15) is 4.79 Å². The van der Waals surface area contributed by atoms with E-state index in [1.54, 1.807) is 10.8 Å². The van der Waals surface area contributed by atoms with Gasteiger partial charge in [-0.05, 0) is 31.9 Å². The first-order valence-electron chi connectivity index (χ1n) is 6.89. The molecule has 0 radical (unpaired) electrons. The van der Waals surface area contributed by atoms with Gasteiger partial charge >= 0.3 is 0 Å². The first kappa shape index (κ1) is 14.3. The summed E-state index contributed by atoms with van der Waals surface area (Å²) in [5, 5.41) is 2.93. The Bertz CT molecular complexity index is 619. The zero-order valence-corrected chi connectivity index (χ0v) is 12.2. The van der Waals surface area contributed by atoms with Crippen LogP contribution in [0.5, 0.6) is 0 Å². The number of pyridine rings is 1. The van der Waals surface area contributed by atoms with E-state index in [1.165, 1.54) is 0 Å². The number of carbonyl (C=O) groups excluding carboxylic acids is 1. The number of nitrogens with zero attached hydrogens (tertiary/aromatic N) is 3. The van der Waals surface area contributed by atoms with Crippen LogP contribution in [0.15, 0.2) is 12.3 Å².